The smallest absolute Gasteiger partial charge is 0.219 e. The van der Waals surface area contributed by atoms with Crippen molar-refractivity contribution in [3.05, 3.63) is 29.0 Å². The predicted octanol–water partition coefficient (Wildman–Crippen LogP) is 2.90. The van der Waals surface area contributed by atoms with E-state index in [4.69, 9.17) is 11.6 Å². The van der Waals surface area contributed by atoms with Crippen LogP contribution in [0.2, 0.25) is 5.02 Å². The van der Waals surface area contributed by atoms with E-state index in [0.717, 1.165) is 25.9 Å². The van der Waals surface area contributed by atoms with Gasteiger partial charge in [0.1, 0.15) is 0 Å². The number of benzene rings is 1. The molecule has 5 heteroatoms. The Labute approximate surface area is 111 Å². The standard InChI is InChI=1S/C13H16ClFN2O/c1-9(18)17-7-5-10(6-8-17)16-12-4-2-3-11(14)13(12)15/h2-4,10,16H,5-8H2,1H3. The van der Waals surface area contributed by atoms with Crippen LogP contribution in [0.1, 0.15) is 19.8 Å². The quantitative estimate of drug-likeness (QED) is 0.896. The highest BCUT2D eigenvalue weighted by atomic mass is 35.5. The zero-order chi connectivity index (χ0) is 13.1. The fourth-order valence-corrected chi connectivity index (χ4v) is 2.35. The zero-order valence-electron chi connectivity index (χ0n) is 10.2. The van der Waals surface area contributed by atoms with Gasteiger partial charge >= 0.3 is 0 Å². The molecule has 1 aliphatic rings. The van der Waals surface area contributed by atoms with E-state index in [-0.39, 0.29) is 17.0 Å². The maximum Gasteiger partial charge on any atom is 0.219 e. The molecular weight excluding hydrogens is 255 g/mol. The third-order valence-corrected chi connectivity index (χ3v) is 3.54. The van der Waals surface area contributed by atoms with Gasteiger partial charge in [0, 0.05) is 26.1 Å². The highest BCUT2D eigenvalue weighted by molar-refractivity contribution is 6.31. The largest absolute Gasteiger partial charge is 0.380 e. The van der Waals surface area contributed by atoms with E-state index in [2.05, 4.69) is 5.32 Å². The van der Waals surface area contributed by atoms with Crippen molar-refractivity contribution in [3.8, 4) is 0 Å². The Kier molecular flexibility index (Phi) is 4.07. The van der Waals surface area contributed by atoms with Crippen LogP contribution in [0.15, 0.2) is 18.2 Å². The van der Waals surface area contributed by atoms with E-state index in [1.807, 2.05) is 4.90 Å². The van der Waals surface area contributed by atoms with E-state index in [1.54, 1.807) is 19.1 Å². The van der Waals surface area contributed by atoms with Gasteiger partial charge in [-0.2, -0.15) is 0 Å². The van der Waals surface area contributed by atoms with Gasteiger partial charge in [-0.3, -0.25) is 4.79 Å². The van der Waals surface area contributed by atoms with Crippen molar-refractivity contribution in [1.82, 2.24) is 4.90 Å². The average Bonchev–Trinajstić information content (AvgIpc) is 2.36. The molecule has 3 nitrogen and oxygen atoms in total. The van der Waals surface area contributed by atoms with Crippen LogP contribution in [0.4, 0.5) is 10.1 Å². The Bertz CT molecular complexity index is 445. The van der Waals surface area contributed by atoms with E-state index >= 15 is 0 Å². The first-order valence-corrected chi connectivity index (χ1v) is 6.42. The molecule has 0 saturated carbocycles. The minimum atomic E-state index is -0.409. The van der Waals surface area contributed by atoms with Gasteiger partial charge in [-0.25, -0.2) is 4.39 Å². The monoisotopic (exact) mass is 270 g/mol. The fraction of sp³-hybridized carbons (Fsp3) is 0.462. The number of hydrogen-bond donors (Lipinski definition) is 1. The Balaban J connectivity index is 1.96. The zero-order valence-corrected chi connectivity index (χ0v) is 11.0. The van der Waals surface area contributed by atoms with Crippen LogP contribution in [0.25, 0.3) is 0 Å². The fourth-order valence-electron chi connectivity index (χ4n) is 2.17. The van der Waals surface area contributed by atoms with Gasteiger partial charge in [0.25, 0.3) is 0 Å². The van der Waals surface area contributed by atoms with E-state index in [0.29, 0.717) is 5.69 Å². The SMILES string of the molecule is CC(=O)N1CCC(Nc2cccc(Cl)c2F)CC1. The second-order valence-corrected chi connectivity index (χ2v) is 4.93. The van der Waals surface area contributed by atoms with Crippen LogP contribution < -0.4 is 5.32 Å². The normalized spacial score (nSPS) is 16.7. The first kappa shape index (κ1) is 13.1. The number of hydrogen-bond acceptors (Lipinski definition) is 2. The third kappa shape index (κ3) is 2.93. The van der Waals surface area contributed by atoms with Crippen molar-refractivity contribution in [1.29, 1.82) is 0 Å². The van der Waals surface area contributed by atoms with Crippen molar-refractivity contribution >= 4 is 23.2 Å². The summed E-state index contributed by atoms with van der Waals surface area (Å²) in [7, 11) is 0. The molecule has 1 N–H and O–H groups in total. The molecule has 1 amide bonds. The molecule has 0 bridgehead atoms. The van der Waals surface area contributed by atoms with Crippen LogP contribution in [-0.4, -0.2) is 29.9 Å². The third-order valence-electron chi connectivity index (χ3n) is 3.25. The van der Waals surface area contributed by atoms with Crippen molar-refractivity contribution in [3.63, 3.8) is 0 Å². The molecule has 0 aliphatic carbocycles. The number of carbonyl (C=O) groups is 1. The van der Waals surface area contributed by atoms with Crippen molar-refractivity contribution in [2.75, 3.05) is 18.4 Å². The molecule has 0 radical (unpaired) electrons. The molecule has 0 spiro atoms. The van der Waals surface area contributed by atoms with Crippen molar-refractivity contribution < 1.29 is 9.18 Å². The summed E-state index contributed by atoms with van der Waals surface area (Å²) in [6.07, 6.45) is 1.65. The van der Waals surface area contributed by atoms with Crippen molar-refractivity contribution in [2.24, 2.45) is 0 Å². The number of anilines is 1. The number of likely N-dealkylation sites (tertiary alicyclic amines) is 1. The molecular formula is C13H16ClFN2O. The molecule has 2 rings (SSSR count). The Hall–Kier alpha value is -1.29. The highest BCUT2D eigenvalue weighted by Gasteiger charge is 2.21. The molecule has 1 aromatic rings. The molecule has 1 aliphatic heterocycles. The summed E-state index contributed by atoms with van der Waals surface area (Å²) in [5, 5.41) is 3.28. The summed E-state index contributed by atoms with van der Waals surface area (Å²) >= 11 is 5.73. The molecule has 1 fully saturated rings. The molecule has 0 atom stereocenters. The minimum absolute atomic E-state index is 0.0994. The maximum absolute atomic E-state index is 13.7. The second kappa shape index (κ2) is 5.57. The van der Waals surface area contributed by atoms with E-state index in [1.165, 1.54) is 6.07 Å². The summed E-state index contributed by atoms with van der Waals surface area (Å²) in [4.78, 5) is 13.0. The maximum atomic E-state index is 13.7. The number of nitrogens with zero attached hydrogens (tertiary/aromatic N) is 1. The summed E-state index contributed by atoms with van der Waals surface area (Å²) < 4.78 is 13.7. The van der Waals surface area contributed by atoms with Gasteiger partial charge in [-0.15, -0.1) is 0 Å². The number of nitrogens with one attached hydrogen (secondary N) is 1. The van der Waals surface area contributed by atoms with Gasteiger partial charge < -0.3 is 10.2 Å². The van der Waals surface area contributed by atoms with Crippen LogP contribution >= 0.6 is 11.6 Å². The van der Waals surface area contributed by atoms with Gasteiger partial charge in [0.15, 0.2) is 5.82 Å². The van der Waals surface area contributed by atoms with Crippen LogP contribution in [0.5, 0.6) is 0 Å². The Morgan fingerprint density at radius 2 is 2.11 bits per heavy atom. The van der Waals surface area contributed by atoms with Gasteiger partial charge in [-0.05, 0) is 25.0 Å². The van der Waals surface area contributed by atoms with E-state index in [9.17, 15) is 9.18 Å². The molecule has 98 valence electrons. The highest BCUT2D eigenvalue weighted by Crippen LogP contribution is 2.24. The van der Waals surface area contributed by atoms with E-state index < -0.39 is 5.82 Å². The van der Waals surface area contributed by atoms with Crippen LogP contribution in [0.3, 0.4) is 0 Å². The van der Waals surface area contributed by atoms with Gasteiger partial charge in [-0.1, -0.05) is 17.7 Å². The Morgan fingerprint density at radius 1 is 1.44 bits per heavy atom. The lowest BCUT2D eigenvalue weighted by Gasteiger charge is -2.32. The van der Waals surface area contributed by atoms with Gasteiger partial charge in [0.05, 0.1) is 10.7 Å². The predicted molar refractivity (Wildman–Crippen MR) is 70.3 cm³/mol. The van der Waals surface area contributed by atoms with Gasteiger partial charge in [0.2, 0.25) is 5.91 Å². The average molecular weight is 271 g/mol. The molecule has 0 unspecified atom stereocenters. The molecule has 18 heavy (non-hydrogen) atoms. The second-order valence-electron chi connectivity index (χ2n) is 4.53. The topological polar surface area (TPSA) is 32.3 Å². The summed E-state index contributed by atoms with van der Waals surface area (Å²) in [6.45, 7) is 3.01. The lowest BCUT2D eigenvalue weighted by molar-refractivity contribution is -0.129. The minimum Gasteiger partial charge on any atom is -0.380 e. The van der Waals surface area contributed by atoms with Crippen LogP contribution in [-0.2, 0) is 4.79 Å². The molecule has 1 aromatic carbocycles. The summed E-state index contributed by atoms with van der Waals surface area (Å²) in [6, 6.07) is 5.12. The Morgan fingerprint density at radius 3 is 2.72 bits per heavy atom. The van der Waals surface area contributed by atoms with Crippen LogP contribution in [0, 0.1) is 5.82 Å². The summed E-state index contributed by atoms with van der Waals surface area (Å²) in [5.41, 5.74) is 0.434. The molecule has 1 saturated heterocycles. The number of amides is 1. The number of carbonyl (C=O) groups excluding carboxylic acids is 1. The first-order valence-electron chi connectivity index (χ1n) is 6.04. The number of piperidine rings is 1. The van der Waals surface area contributed by atoms with Crippen molar-refractivity contribution in [2.45, 2.75) is 25.8 Å². The first-order chi connectivity index (χ1) is 8.58. The number of rotatable bonds is 2. The molecule has 1 heterocycles. The summed E-state index contributed by atoms with van der Waals surface area (Å²) in [5.74, 6) is -0.310. The lowest BCUT2D eigenvalue weighted by Crippen LogP contribution is -2.41. The number of halogens is 2. The molecule has 0 aromatic heterocycles. The lowest BCUT2D eigenvalue weighted by atomic mass is 10.0.